The van der Waals surface area contributed by atoms with Crippen molar-refractivity contribution in [3.05, 3.63) is 22.8 Å². The molecule has 1 saturated heterocycles. The zero-order valence-electron chi connectivity index (χ0n) is 13.8. The molecule has 1 aromatic heterocycles. The second-order valence-corrected chi connectivity index (χ2v) is 8.61. The standard InChI is InChI=1S/C15H21ClF3N3O2S/c1-2-3-6-25(23,24)22-5-4-11(10-22)8-20-14-13(16)7-12(9-21-14)15(17,18)19/h7,9,11H,2-6,8,10H2,1H3,(H,20,21). The summed E-state index contributed by atoms with van der Waals surface area (Å²) < 4.78 is 63.6. The molecule has 0 amide bonds. The van der Waals surface area contributed by atoms with Crippen LogP contribution < -0.4 is 5.32 Å². The Bertz CT molecular complexity index is 698. The minimum atomic E-state index is -4.49. The van der Waals surface area contributed by atoms with E-state index in [1.165, 1.54) is 4.31 Å². The fourth-order valence-corrected chi connectivity index (χ4v) is 4.60. The van der Waals surface area contributed by atoms with Crippen molar-refractivity contribution in [1.29, 1.82) is 0 Å². The molecule has 0 aromatic carbocycles. The molecule has 25 heavy (non-hydrogen) atoms. The lowest BCUT2D eigenvalue weighted by Gasteiger charge is -2.17. The summed E-state index contributed by atoms with van der Waals surface area (Å²) in [5.74, 6) is 0.383. The molecule has 0 aliphatic carbocycles. The molecule has 1 unspecified atom stereocenters. The van der Waals surface area contributed by atoms with E-state index < -0.39 is 21.8 Å². The van der Waals surface area contributed by atoms with Gasteiger partial charge < -0.3 is 5.32 Å². The third kappa shape index (κ3) is 5.46. The fourth-order valence-electron chi connectivity index (χ4n) is 2.64. The van der Waals surface area contributed by atoms with Gasteiger partial charge in [0.05, 0.1) is 16.3 Å². The molecule has 2 heterocycles. The highest BCUT2D eigenvalue weighted by Gasteiger charge is 2.32. The molecular weight excluding hydrogens is 379 g/mol. The minimum absolute atomic E-state index is 0.0663. The first-order valence-electron chi connectivity index (χ1n) is 8.08. The van der Waals surface area contributed by atoms with Crippen molar-refractivity contribution >= 4 is 27.4 Å². The van der Waals surface area contributed by atoms with E-state index in [4.69, 9.17) is 11.6 Å². The second-order valence-electron chi connectivity index (χ2n) is 6.12. The average Bonchev–Trinajstić information content (AvgIpc) is 3.00. The highest BCUT2D eigenvalue weighted by Crippen LogP contribution is 2.32. The molecule has 0 radical (unpaired) electrons. The van der Waals surface area contributed by atoms with Gasteiger partial charge in [-0.05, 0) is 24.8 Å². The van der Waals surface area contributed by atoms with E-state index in [0.717, 1.165) is 18.7 Å². The Kier molecular flexibility index (Phi) is 6.56. The van der Waals surface area contributed by atoms with Crippen molar-refractivity contribution in [3.63, 3.8) is 0 Å². The Labute approximate surface area is 150 Å². The van der Waals surface area contributed by atoms with Crippen LogP contribution in [0, 0.1) is 5.92 Å². The maximum absolute atomic E-state index is 12.6. The lowest BCUT2D eigenvalue weighted by Crippen LogP contribution is -2.31. The van der Waals surface area contributed by atoms with E-state index in [9.17, 15) is 21.6 Å². The Morgan fingerprint density at radius 1 is 1.44 bits per heavy atom. The number of pyridine rings is 1. The van der Waals surface area contributed by atoms with Gasteiger partial charge in [-0.1, -0.05) is 24.9 Å². The van der Waals surface area contributed by atoms with Gasteiger partial charge >= 0.3 is 6.18 Å². The van der Waals surface area contributed by atoms with Gasteiger partial charge in [-0.25, -0.2) is 17.7 Å². The van der Waals surface area contributed by atoms with Crippen molar-refractivity contribution in [2.75, 3.05) is 30.7 Å². The molecule has 1 N–H and O–H groups in total. The number of aromatic nitrogens is 1. The molecule has 0 spiro atoms. The molecular formula is C15H21ClF3N3O2S. The predicted octanol–water partition coefficient (Wildman–Crippen LogP) is 3.62. The molecule has 0 saturated carbocycles. The summed E-state index contributed by atoms with van der Waals surface area (Å²) >= 11 is 5.85. The van der Waals surface area contributed by atoms with Gasteiger partial charge in [0, 0.05) is 25.8 Å². The van der Waals surface area contributed by atoms with Crippen molar-refractivity contribution < 1.29 is 21.6 Å². The normalized spacial score (nSPS) is 19.3. The lowest BCUT2D eigenvalue weighted by molar-refractivity contribution is -0.137. The van der Waals surface area contributed by atoms with Crippen LogP contribution in [-0.2, 0) is 16.2 Å². The summed E-state index contributed by atoms with van der Waals surface area (Å²) in [6.45, 7) is 3.20. The van der Waals surface area contributed by atoms with Crippen molar-refractivity contribution in [2.45, 2.75) is 32.4 Å². The number of nitrogens with one attached hydrogen (secondary N) is 1. The van der Waals surface area contributed by atoms with Crippen molar-refractivity contribution in [1.82, 2.24) is 9.29 Å². The van der Waals surface area contributed by atoms with Crippen LogP contribution in [0.15, 0.2) is 12.3 Å². The average molecular weight is 400 g/mol. The maximum Gasteiger partial charge on any atom is 0.417 e. The minimum Gasteiger partial charge on any atom is -0.369 e. The van der Waals surface area contributed by atoms with Gasteiger partial charge in [-0.15, -0.1) is 0 Å². The predicted molar refractivity (Wildman–Crippen MR) is 91.1 cm³/mol. The van der Waals surface area contributed by atoms with E-state index >= 15 is 0 Å². The van der Waals surface area contributed by atoms with Gasteiger partial charge in [0.1, 0.15) is 5.82 Å². The molecule has 5 nitrogen and oxygen atoms in total. The number of nitrogens with zero attached hydrogens (tertiary/aromatic N) is 2. The Balaban J connectivity index is 1.91. The van der Waals surface area contributed by atoms with Crippen molar-refractivity contribution in [2.24, 2.45) is 5.92 Å². The van der Waals surface area contributed by atoms with Gasteiger partial charge in [0.25, 0.3) is 0 Å². The highest BCUT2D eigenvalue weighted by atomic mass is 35.5. The van der Waals surface area contributed by atoms with Crippen LogP contribution in [0.2, 0.25) is 5.02 Å². The Morgan fingerprint density at radius 2 is 2.16 bits per heavy atom. The summed E-state index contributed by atoms with van der Waals surface area (Å²) in [6, 6.07) is 0.826. The van der Waals surface area contributed by atoms with E-state index in [2.05, 4.69) is 10.3 Å². The largest absolute Gasteiger partial charge is 0.417 e. The smallest absolute Gasteiger partial charge is 0.369 e. The third-order valence-corrected chi connectivity index (χ3v) is 6.34. The number of rotatable bonds is 7. The quantitative estimate of drug-likeness (QED) is 0.760. The topological polar surface area (TPSA) is 62.3 Å². The number of anilines is 1. The van der Waals surface area contributed by atoms with Crippen LogP contribution in [-0.4, -0.2) is 43.1 Å². The van der Waals surface area contributed by atoms with Crippen LogP contribution in [0.5, 0.6) is 0 Å². The second kappa shape index (κ2) is 8.09. The van der Waals surface area contributed by atoms with E-state index in [0.29, 0.717) is 32.5 Å². The highest BCUT2D eigenvalue weighted by molar-refractivity contribution is 7.89. The summed E-state index contributed by atoms with van der Waals surface area (Å²) in [5, 5.41) is 2.81. The molecule has 1 aliphatic heterocycles. The third-order valence-electron chi connectivity index (χ3n) is 4.12. The fraction of sp³-hybridized carbons (Fsp3) is 0.667. The number of hydrogen-bond acceptors (Lipinski definition) is 4. The molecule has 1 aliphatic rings. The number of hydrogen-bond donors (Lipinski definition) is 1. The number of sulfonamides is 1. The number of halogens is 4. The maximum atomic E-state index is 12.6. The van der Waals surface area contributed by atoms with E-state index in [1.807, 2.05) is 6.92 Å². The van der Waals surface area contributed by atoms with Crippen molar-refractivity contribution in [3.8, 4) is 0 Å². The number of alkyl halides is 3. The lowest BCUT2D eigenvalue weighted by atomic mass is 10.1. The van der Waals surface area contributed by atoms with Crippen LogP contribution in [0.4, 0.5) is 19.0 Å². The summed E-state index contributed by atoms with van der Waals surface area (Å²) in [7, 11) is -3.23. The van der Waals surface area contributed by atoms with Gasteiger partial charge in [-0.2, -0.15) is 13.2 Å². The van der Waals surface area contributed by atoms with E-state index in [-0.39, 0.29) is 22.5 Å². The monoisotopic (exact) mass is 399 g/mol. The Hall–Kier alpha value is -1.06. The van der Waals surface area contributed by atoms with Gasteiger partial charge in [-0.3, -0.25) is 0 Å². The van der Waals surface area contributed by atoms with Gasteiger partial charge in [0.15, 0.2) is 0 Å². The van der Waals surface area contributed by atoms with Crippen LogP contribution in [0.1, 0.15) is 31.7 Å². The summed E-state index contributed by atoms with van der Waals surface area (Å²) in [6.07, 6.45) is -1.63. The van der Waals surface area contributed by atoms with E-state index in [1.54, 1.807) is 0 Å². The molecule has 0 bridgehead atoms. The zero-order chi connectivity index (χ0) is 18.7. The molecule has 2 rings (SSSR count). The first-order chi connectivity index (χ1) is 11.6. The SMILES string of the molecule is CCCCS(=O)(=O)N1CCC(CNc2ncc(C(F)(F)F)cc2Cl)C1. The van der Waals surface area contributed by atoms with Crippen LogP contribution in [0.3, 0.4) is 0 Å². The molecule has 1 atom stereocenters. The molecule has 10 heteroatoms. The summed E-state index contributed by atoms with van der Waals surface area (Å²) in [5.41, 5.74) is -0.905. The first-order valence-corrected chi connectivity index (χ1v) is 10.1. The van der Waals surface area contributed by atoms with Crippen LogP contribution >= 0.6 is 11.6 Å². The number of unbranched alkanes of at least 4 members (excludes halogenated alkanes) is 1. The van der Waals surface area contributed by atoms with Gasteiger partial charge in [0.2, 0.25) is 10.0 Å². The zero-order valence-corrected chi connectivity index (χ0v) is 15.4. The Morgan fingerprint density at radius 3 is 2.76 bits per heavy atom. The first kappa shape index (κ1) is 20.3. The van der Waals surface area contributed by atoms with Crippen LogP contribution in [0.25, 0.3) is 0 Å². The molecule has 1 fully saturated rings. The molecule has 1 aromatic rings. The molecule has 142 valence electrons. The summed E-state index contributed by atoms with van der Waals surface area (Å²) in [4.78, 5) is 3.72.